The van der Waals surface area contributed by atoms with Crippen LogP contribution in [0.4, 0.5) is 4.39 Å². The first kappa shape index (κ1) is 25.5. The molecule has 9 heteroatoms. The van der Waals surface area contributed by atoms with Crippen molar-refractivity contribution in [2.45, 2.75) is 12.5 Å². The molecule has 1 atom stereocenters. The second-order valence-corrected chi connectivity index (χ2v) is 8.95. The van der Waals surface area contributed by atoms with E-state index in [0.29, 0.717) is 28.5 Å². The fraction of sp³-hybridized carbons (Fsp3) is 0.185. The van der Waals surface area contributed by atoms with Crippen molar-refractivity contribution in [1.82, 2.24) is 4.90 Å². The predicted molar refractivity (Wildman–Crippen MR) is 135 cm³/mol. The number of likely N-dealkylation sites (tertiary alicyclic amines) is 1. The highest BCUT2D eigenvalue weighted by Crippen LogP contribution is 2.42. The monoisotopic (exact) mass is 529 g/mol. The van der Waals surface area contributed by atoms with Gasteiger partial charge in [-0.2, -0.15) is 0 Å². The molecule has 186 valence electrons. The fourth-order valence-electron chi connectivity index (χ4n) is 4.21. The van der Waals surface area contributed by atoms with Crippen molar-refractivity contribution in [3.05, 3.63) is 98.8 Å². The number of hydrogen-bond acceptors (Lipinski definition) is 5. The second-order valence-electron chi connectivity index (χ2n) is 8.10. The average molecular weight is 530 g/mol. The number of ketones is 1. The highest BCUT2D eigenvalue weighted by atomic mass is 35.5. The quantitative estimate of drug-likeness (QED) is 0.237. The number of benzene rings is 3. The van der Waals surface area contributed by atoms with Crippen molar-refractivity contribution >= 4 is 40.7 Å². The molecule has 1 amide bonds. The van der Waals surface area contributed by atoms with Gasteiger partial charge in [0.25, 0.3) is 11.7 Å². The standard InChI is InChI=1S/C27H22Cl2FNO5/c1-35-21-10-3-15(13-22(21)36-2)11-12-31-24(19-9-6-17(28)14-20(19)29)23(26(33)27(31)34)25(32)16-4-7-18(30)8-5-16/h3-10,13-14,24,32H,11-12H2,1-2H3/t24-/m0/s1. The van der Waals surface area contributed by atoms with E-state index in [2.05, 4.69) is 0 Å². The molecule has 1 saturated heterocycles. The maximum absolute atomic E-state index is 13.5. The van der Waals surface area contributed by atoms with Crippen LogP contribution in [0.25, 0.3) is 5.76 Å². The number of nitrogens with zero attached hydrogens (tertiary/aromatic N) is 1. The molecule has 3 aromatic rings. The zero-order valence-corrected chi connectivity index (χ0v) is 20.9. The van der Waals surface area contributed by atoms with Gasteiger partial charge in [-0.15, -0.1) is 0 Å². The van der Waals surface area contributed by atoms with Crippen molar-refractivity contribution in [2.75, 3.05) is 20.8 Å². The Morgan fingerprint density at radius 1 is 0.972 bits per heavy atom. The van der Waals surface area contributed by atoms with E-state index in [4.69, 9.17) is 32.7 Å². The molecule has 1 N–H and O–H groups in total. The Balaban J connectivity index is 1.77. The number of rotatable bonds is 7. The van der Waals surface area contributed by atoms with Gasteiger partial charge in [0, 0.05) is 22.2 Å². The number of carbonyl (C=O) groups is 2. The van der Waals surface area contributed by atoms with Crippen LogP contribution >= 0.6 is 23.2 Å². The fourth-order valence-corrected chi connectivity index (χ4v) is 4.72. The molecule has 0 radical (unpaired) electrons. The summed E-state index contributed by atoms with van der Waals surface area (Å²) in [5.74, 6) is -1.47. The molecule has 36 heavy (non-hydrogen) atoms. The maximum atomic E-state index is 13.5. The number of halogens is 3. The van der Waals surface area contributed by atoms with Gasteiger partial charge in [0.1, 0.15) is 11.6 Å². The van der Waals surface area contributed by atoms with Gasteiger partial charge in [0.05, 0.1) is 25.8 Å². The van der Waals surface area contributed by atoms with Crippen LogP contribution in [0.3, 0.4) is 0 Å². The molecule has 0 aromatic heterocycles. The van der Waals surface area contributed by atoms with Crippen molar-refractivity contribution in [3.63, 3.8) is 0 Å². The first-order valence-corrected chi connectivity index (χ1v) is 11.7. The molecule has 1 aliphatic rings. The summed E-state index contributed by atoms with van der Waals surface area (Å²) in [6, 6.07) is 14.1. The average Bonchev–Trinajstić information content (AvgIpc) is 3.12. The van der Waals surface area contributed by atoms with E-state index in [-0.39, 0.29) is 22.7 Å². The number of amides is 1. The summed E-state index contributed by atoms with van der Waals surface area (Å²) in [6.07, 6.45) is 0.381. The molecule has 4 rings (SSSR count). The Hall–Kier alpha value is -3.55. The lowest BCUT2D eigenvalue weighted by molar-refractivity contribution is -0.139. The Bertz CT molecular complexity index is 1360. The van der Waals surface area contributed by atoms with Crippen LogP contribution in [0.2, 0.25) is 10.0 Å². The predicted octanol–water partition coefficient (Wildman–Crippen LogP) is 5.81. The summed E-state index contributed by atoms with van der Waals surface area (Å²) in [5.41, 5.74) is 1.33. The van der Waals surface area contributed by atoms with Crippen molar-refractivity contribution in [1.29, 1.82) is 0 Å². The Morgan fingerprint density at radius 2 is 1.67 bits per heavy atom. The molecule has 3 aromatic carbocycles. The lowest BCUT2D eigenvalue weighted by Crippen LogP contribution is -2.31. The lowest BCUT2D eigenvalue weighted by atomic mass is 9.95. The summed E-state index contributed by atoms with van der Waals surface area (Å²) in [5, 5.41) is 11.7. The molecule has 0 unspecified atom stereocenters. The molecular weight excluding hydrogens is 508 g/mol. The van der Waals surface area contributed by atoms with Crippen molar-refractivity contribution in [3.8, 4) is 11.5 Å². The Morgan fingerprint density at radius 3 is 2.31 bits per heavy atom. The van der Waals surface area contributed by atoms with E-state index < -0.39 is 29.3 Å². The summed E-state index contributed by atoms with van der Waals surface area (Å²) >= 11 is 12.5. The van der Waals surface area contributed by atoms with Crippen molar-refractivity contribution < 1.29 is 28.6 Å². The number of carbonyl (C=O) groups excluding carboxylic acids is 2. The van der Waals surface area contributed by atoms with Gasteiger partial charge >= 0.3 is 0 Å². The molecule has 0 saturated carbocycles. The van der Waals surface area contributed by atoms with Gasteiger partial charge in [-0.1, -0.05) is 35.3 Å². The van der Waals surface area contributed by atoms with Gasteiger partial charge in [0.2, 0.25) is 0 Å². The highest BCUT2D eigenvalue weighted by molar-refractivity contribution is 6.47. The van der Waals surface area contributed by atoms with Crippen LogP contribution in [0.15, 0.2) is 66.2 Å². The largest absolute Gasteiger partial charge is 0.507 e. The van der Waals surface area contributed by atoms with Gasteiger partial charge < -0.3 is 19.5 Å². The van der Waals surface area contributed by atoms with E-state index in [0.717, 1.165) is 17.7 Å². The van der Waals surface area contributed by atoms with Crippen LogP contribution in [-0.2, 0) is 16.0 Å². The van der Waals surface area contributed by atoms with Gasteiger partial charge in [0.15, 0.2) is 11.5 Å². The number of hydrogen-bond donors (Lipinski definition) is 1. The molecule has 1 aliphatic heterocycles. The third-order valence-corrected chi connectivity index (χ3v) is 6.57. The summed E-state index contributed by atoms with van der Waals surface area (Å²) < 4.78 is 24.1. The van der Waals surface area contributed by atoms with Crippen LogP contribution in [-0.4, -0.2) is 42.5 Å². The highest BCUT2D eigenvalue weighted by Gasteiger charge is 2.46. The van der Waals surface area contributed by atoms with Crippen LogP contribution in [0.1, 0.15) is 22.7 Å². The minimum absolute atomic E-state index is 0.136. The smallest absolute Gasteiger partial charge is 0.295 e. The number of aliphatic hydroxyl groups excluding tert-OH is 1. The molecule has 1 heterocycles. The number of methoxy groups -OCH3 is 2. The van der Waals surface area contributed by atoms with E-state index in [1.165, 1.54) is 37.3 Å². The van der Waals surface area contributed by atoms with Crippen LogP contribution in [0.5, 0.6) is 11.5 Å². The summed E-state index contributed by atoms with van der Waals surface area (Å²) in [6.45, 7) is 0.143. The summed E-state index contributed by atoms with van der Waals surface area (Å²) in [4.78, 5) is 27.7. The molecule has 6 nitrogen and oxygen atoms in total. The SMILES string of the molecule is COc1ccc(CCN2C(=O)C(=O)C(=C(O)c3ccc(F)cc3)[C@@H]2c2ccc(Cl)cc2Cl)cc1OC. The number of Topliss-reactive ketones (excluding diaryl/α,β-unsaturated/α-hetero) is 1. The Labute approximate surface area is 217 Å². The topological polar surface area (TPSA) is 76.1 Å². The third-order valence-electron chi connectivity index (χ3n) is 6.00. The van der Waals surface area contributed by atoms with Gasteiger partial charge in [-0.05, 0) is 66.1 Å². The molecule has 0 bridgehead atoms. The van der Waals surface area contributed by atoms with E-state index >= 15 is 0 Å². The second kappa shape index (κ2) is 10.6. The van der Waals surface area contributed by atoms with Crippen LogP contribution in [0, 0.1) is 5.82 Å². The first-order valence-electron chi connectivity index (χ1n) is 10.9. The van der Waals surface area contributed by atoms with E-state index in [9.17, 15) is 19.1 Å². The number of aliphatic hydroxyl groups is 1. The molecule has 0 spiro atoms. The van der Waals surface area contributed by atoms with E-state index in [1.54, 1.807) is 24.3 Å². The minimum atomic E-state index is -0.972. The zero-order valence-electron chi connectivity index (χ0n) is 19.4. The third kappa shape index (κ3) is 4.90. The molecule has 1 fully saturated rings. The molecular formula is C27H22Cl2FNO5. The minimum Gasteiger partial charge on any atom is -0.507 e. The summed E-state index contributed by atoms with van der Waals surface area (Å²) in [7, 11) is 3.06. The van der Waals surface area contributed by atoms with Gasteiger partial charge in [-0.3, -0.25) is 9.59 Å². The first-order chi connectivity index (χ1) is 17.2. The van der Waals surface area contributed by atoms with E-state index in [1.807, 2.05) is 6.07 Å². The maximum Gasteiger partial charge on any atom is 0.295 e. The molecule has 0 aliphatic carbocycles. The Kier molecular flexibility index (Phi) is 7.52. The zero-order chi connectivity index (χ0) is 26.0. The van der Waals surface area contributed by atoms with Gasteiger partial charge in [-0.25, -0.2) is 4.39 Å². The number of ether oxygens (including phenoxy) is 2. The lowest BCUT2D eigenvalue weighted by Gasteiger charge is -2.26. The van der Waals surface area contributed by atoms with Crippen molar-refractivity contribution in [2.24, 2.45) is 0 Å². The normalized spacial score (nSPS) is 16.9. The van der Waals surface area contributed by atoms with Crippen LogP contribution < -0.4 is 9.47 Å².